The molecule has 1 heterocycles. The van der Waals surface area contributed by atoms with Gasteiger partial charge in [0.2, 0.25) is 0 Å². The number of aromatic nitrogens is 1. The maximum atomic E-state index is 4.79. The van der Waals surface area contributed by atoms with E-state index in [-0.39, 0.29) is 0 Å². The van der Waals surface area contributed by atoms with Crippen LogP contribution in [0, 0.1) is 0 Å². The van der Waals surface area contributed by atoms with E-state index in [1.807, 2.05) is 17.5 Å². The summed E-state index contributed by atoms with van der Waals surface area (Å²) in [5.41, 5.74) is 0. The molecule has 0 aliphatic carbocycles. The number of hydrogen-bond donors (Lipinski definition) is 0. The predicted octanol–water partition coefficient (Wildman–Crippen LogP) is 5.59. The van der Waals surface area contributed by atoms with Crippen LogP contribution < -0.4 is 3.02 Å². The number of rotatable bonds is 11. The van der Waals surface area contributed by atoms with Crippen LogP contribution in [0.5, 0.6) is 0 Å². The minimum atomic E-state index is -2.15. The van der Waals surface area contributed by atoms with Crippen molar-refractivity contribution < 1.29 is 0 Å². The molecule has 1 aromatic rings. The fourth-order valence-electron chi connectivity index (χ4n) is 2.92. The van der Waals surface area contributed by atoms with Gasteiger partial charge in [-0.05, 0) is 0 Å². The molecule has 0 amide bonds. The van der Waals surface area contributed by atoms with Gasteiger partial charge in [-0.25, -0.2) is 0 Å². The zero-order valence-electron chi connectivity index (χ0n) is 13.1. The average molecular weight is 388 g/mol. The monoisotopic (exact) mass is 389 g/mol. The second-order valence-corrected chi connectivity index (χ2v) is 20.7. The van der Waals surface area contributed by atoms with Crippen molar-refractivity contribution in [3.05, 3.63) is 11.6 Å². The molecule has 0 bridgehead atoms. The van der Waals surface area contributed by atoms with Crippen LogP contribution in [0.15, 0.2) is 11.6 Å². The summed E-state index contributed by atoms with van der Waals surface area (Å²) in [6, 6.07) is 0. The van der Waals surface area contributed by atoms with Gasteiger partial charge in [-0.1, -0.05) is 0 Å². The van der Waals surface area contributed by atoms with Crippen LogP contribution in [0.3, 0.4) is 0 Å². The Morgan fingerprint density at radius 1 is 0.895 bits per heavy atom. The summed E-state index contributed by atoms with van der Waals surface area (Å²) in [4.78, 5) is 4.79. The van der Waals surface area contributed by atoms with Gasteiger partial charge in [-0.3, -0.25) is 0 Å². The minimum absolute atomic E-state index is 1.35. The fourth-order valence-corrected chi connectivity index (χ4v) is 21.8. The average Bonchev–Trinajstić information content (AvgIpc) is 2.96. The van der Waals surface area contributed by atoms with Crippen molar-refractivity contribution in [3.8, 4) is 0 Å². The maximum absolute atomic E-state index is 4.79. The third kappa shape index (κ3) is 5.74. The van der Waals surface area contributed by atoms with Gasteiger partial charge in [0.25, 0.3) is 0 Å². The molecule has 0 radical (unpaired) electrons. The zero-order valence-corrected chi connectivity index (χ0v) is 16.8. The van der Waals surface area contributed by atoms with E-state index in [0.29, 0.717) is 0 Å². The Balaban J connectivity index is 2.81. The van der Waals surface area contributed by atoms with E-state index in [1.165, 1.54) is 44.9 Å². The molecular formula is C16H31NSSn. The van der Waals surface area contributed by atoms with Crippen LogP contribution in [0.1, 0.15) is 65.7 Å². The molecule has 0 aromatic carbocycles. The Labute approximate surface area is 128 Å². The molecule has 1 aromatic heterocycles. The van der Waals surface area contributed by atoms with Crippen LogP contribution in [0.25, 0.3) is 0 Å². The molecule has 0 atom stereocenters. The van der Waals surface area contributed by atoms with Gasteiger partial charge in [0.15, 0.2) is 0 Å². The molecule has 0 saturated heterocycles. The molecule has 0 fully saturated rings. The molecule has 19 heavy (non-hydrogen) atoms. The predicted molar refractivity (Wildman–Crippen MR) is 91.3 cm³/mol. The van der Waals surface area contributed by atoms with E-state index in [0.717, 1.165) is 0 Å². The summed E-state index contributed by atoms with van der Waals surface area (Å²) in [6.07, 6.45) is 11.8. The summed E-state index contributed by atoms with van der Waals surface area (Å²) in [6.45, 7) is 6.99. The van der Waals surface area contributed by atoms with Gasteiger partial charge in [0, 0.05) is 0 Å². The Hall–Kier alpha value is 0.429. The van der Waals surface area contributed by atoms with Crippen molar-refractivity contribution in [2.45, 2.75) is 79.0 Å². The normalized spacial score (nSPS) is 11.9. The fraction of sp³-hybridized carbons (Fsp3) is 0.812. The second-order valence-electron chi connectivity index (χ2n) is 5.78. The molecule has 1 nitrogen and oxygen atoms in total. The van der Waals surface area contributed by atoms with E-state index in [4.69, 9.17) is 4.98 Å². The SMILES string of the molecule is CCCC[CH2][Sn]([CH2]CCC)([CH2]CCC)[c]1nccs1. The van der Waals surface area contributed by atoms with Gasteiger partial charge in [0.05, 0.1) is 0 Å². The van der Waals surface area contributed by atoms with Crippen molar-refractivity contribution in [2.24, 2.45) is 0 Å². The number of thiazole rings is 1. The molecule has 1 rings (SSSR count). The Kier molecular flexibility index (Phi) is 9.38. The summed E-state index contributed by atoms with van der Waals surface area (Å²) in [5.74, 6) is 0. The molecule has 3 heteroatoms. The Bertz CT molecular complexity index is 303. The zero-order chi connectivity index (χ0) is 14.0. The quantitative estimate of drug-likeness (QED) is 0.356. The van der Waals surface area contributed by atoms with Gasteiger partial charge in [-0.2, -0.15) is 0 Å². The number of hydrogen-bond acceptors (Lipinski definition) is 2. The molecule has 0 aliphatic rings. The Morgan fingerprint density at radius 3 is 1.95 bits per heavy atom. The molecule has 110 valence electrons. The summed E-state index contributed by atoms with van der Waals surface area (Å²) >= 11 is -0.178. The summed E-state index contributed by atoms with van der Waals surface area (Å²) in [5, 5.41) is 2.21. The van der Waals surface area contributed by atoms with E-state index in [9.17, 15) is 0 Å². The van der Waals surface area contributed by atoms with E-state index in [1.54, 1.807) is 16.3 Å². The molecule has 0 aliphatic heterocycles. The first-order valence-electron chi connectivity index (χ1n) is 8.19. The van der Waals surface area contributed by atoms with Crippen LogP contribution >= 0.6 is 11.3 Å². The van der Waals surface area contributed by atoms with Crippen molar-refractivity contribution in [2.75, 3.05) is 0 Å². The van der Waals surface area contributed by atoms with E-state index >= 15 is 0 Å². The van der Waals surface area contributed by atoms with Crippen molar-refractivity contribution >= 4 is 32.7 Å². The first-order chi connectivity index (χ1) is 9.29. The van der Waals surface area contributed by atoms with Crippen LogP contribution in [0.2, 0.25) is 13.3 Å². The second kappa shape index (κ2) is 10.2. The standard InChI is InChI=1S/C5H11.2C4H9.C3H2NS.Sn/c1-3-5-4-2;2*1-3-4-2;1-2-5-3-4-1;/h1,3-5H2,2H3;2*1,3-4H2,2H3;1-2H;. The molecule has 0 N–H and O–H groups in total. The van der Waals surface area contributed by atoms with Gasteiger partial charge < -0.3 is 0 Å². The van der Waals surface area contributed by atoms with Crippen molar-refractivity contribution in [1.29, 1.82) is 0 Å². The molecule has 0 unspecified atom stereocenters. The summed E-state index contributed by atoms with van der Waals surface area (Å²) in [7, 11) is 0. The van der Waals surface area contributed by atoms with Crippen LogP contribution in [-0.2, 0) is 0 Å². The summed E-state index contributed by atoms with van der Waals surface area (Å²) < 4.78 is 6.26. The van der Waals surface area contributed by atoms with Gasteiger partial charge in [0.1, 0.15) is 0 Å². The van der Waals surface area contributed by atoms with Crippen LogP contribution in [-0.4, -0.2) is 23.4 Å². The van der Waals surface area contributed by atoms with Gasteiger partial charge >= 0.3 is 128 Å². The number of unbranched alkanes of at least 4 members (excludes halogenated alkanes) is 4. The van der Waals surface area contributed by atoms with Crippen molar-refractivity contribution in [1.82, 2.24) is 4.98 Å². The number of nitrogens with zero attached hydrogens (tertiary/aromatic N) is 1. The molecule has 0 saturated carbocycles. The third-order valence-corrected chi connectivity index (χ3v) is 22.8. The first-order valence-corrected chi connectivity index (χ1v) is 16.5. The van der Waals surface area contributed by atoms with E-state index < -0.39 is 18.4 Å². The topological polar surface area (TPSA) is 12.9 Å². The Morgan fingerprint density at radius 2 is 1.47 bits per heavy atom. The molecule has 0 spiro atoms. The van der Waals surface area contributed by atoms with Crippen molar-refractivity contribution in [3.63, 3.8) is 0 Å². The van der Waals surface area contributed by atoms with E-state index in [2.05, 4.69) is 26.2 Å². The van der Waals surface area contributed by atoms with Gasteiger partial charge in [-0.15, -0.1) is 0 Å². The first kappa shape index (κ1) is 17.5. The van der Waals surface area contributed by atoms with Crippen LogP contribution in [0.4, 0.5) is 0 Å². The molecular weight excluding hydrogens is 357 g/mol. The third-order valence-electron chi connectivity index (χ3n) is 4.16.